The molecule has 5 atom stereocenters. The maximum atomic E-state index is 10.6. The van der Waals surface area contributed by atoms with Crippen molar-refractivity contribution < 1.29 is 9.47 Å². The highest BCUT2D eigenvalue weighted by molar-refractivity contribution is 5.89. The molecule has 2 heterocycles. The molecule has 178 valence electrons. The fourth-order valence-corrected chi connectivity index (χ4v) is 6.37. The highest BCUT2D eigenvalue weighted by Gasteiger charge is 2.81. The van der Waals surface area contributed by atoms with Gasteiger partial charge < -0.3 is 14.4 Å². The molecule has 0 spiro atoms. The van der Waals surface area contributed by atoms with Crippen molar-refractivity contribution in [1.29, 1.82) is 21.2 Å². The highest BCUT2D eigenvalue weighted by Crippen LogP contribution is 2.70. The average Bonchev–Trinajstić information content (AvgIpc) is 3.03. The lowest BCUT2D eigenvalue weighted by atomic mass is 9.49. The largest absolute Gasteiger partial charge is 0.447 e. The lowest BCUT2D eigenvalue weighted by Gasteiger charge is -2.54. The zero-order valence-electron chi connectivity index (χ0n) is 20.7. The van der Waals surface area contributed by atoms with Crippen molar-refractivity contribution in [2.75, 3.05) is 18.0 Å². The Kier molecular flexibility index (Phi) is 5.66. The van der Waals surface area contributed by atoms with E-state index >= 15 is 0 Å². The lowest BCUT2D eigenvalue weighted by molar-refractivity contribution is -0.301. The van der Waals surface area contributed by atoms with E-state index in [1.54, 1.807) is 0 Å². The van der Waals surface area contributed by atoms with Gasteiger partial charge in [-0.2, -0.15) is 15.8 Å². The van der Waals surface area contributed by atoms with Crippen LogP contribution < -0.4 is 4.90 Å². The van der Waals surface area contributed by atoms with Gasteiger partial charge in [-0.15, -0.1) is 0 Å². The number of hydrogen-bond acceptors (Lipinski definition) is 7. The van der Waals surface area contributed by atoms with Gasteiger partial charge in [-0.1, -0.05) is 32.9 Å². The molecule has 1 aromatic rings. The van der Waals surface area contributed by atoms with Crippen molar-refractivity contribution in [3.05, 3.63) is 29.8 Å². The van der Waals surface area contributed by atoms with Crippen LogP contribution in [0, 0.1) is 67.5 Å². The molecular formula is C27H33N5O2. The van der Waals surface area contributed by atoms with Gasteiger partial charge in [0.15, 0.2) is 5.41 Å². The number of benzene rings is 1. The molecule has 5 unspecified atom stereocenters. The van der Waals surface area contributed by atoms with E-state index in [0.29, 0.717) is 18.4 Å². The van der Waals surface area contributed by atoms with Gasteiger partial charge in [-0.25, -0.2) is 0 Å². The van der Waals surface area contributed by atoms with Crippen molar-refractivity contribution in [2.24, 2.45) is 28.1 Å². The van der Waals surface area contributed by atoms with Crippen LogP contribution in [0.5, 0.6) is 0 Å². The van der Waals surface area contributed by atoms with Gasteiger partial charge in [-0.3, -0.25) is 5.41 Å². The van der Waals surface area contributed by atoms with Crippen molar-refractivity contribution in [3.63, 3.8) is 0 Å². The van der Waals surface area contributed by atoms with Gasteiger partial charge in [0.2, 0.25) is 17.1 Å². The van der Waals surface area contributed by atoms with E-state index in [1.165, 1.54) is 0 Å². The monoisotopic (exact) mass is 459 g/mol. The van der Waals surface area contributed by atoms with E-state index in [-0.39, 0.29) is 17.2 Å². The molecule has 3 fully saturated rings. The number of ether oxygens (including phenoxy) is 2. The quantitative estimate of drug-likeness (QED) is 0.652. The summed E-state index contributed by atoms with van der Waals surface area (Å²) in [6.07, 6.45) is 0.914. The van der Waals surface area contributed by atoms with Crippen LogP contribution in [-0.2, 0) is 9.47 Å². The highest BCUT2D eigenvalue weighted by atomic mass is 16.7. The Balaban J connectivity index is 1.86. The summed E-state index contributed by atoms with van der Waals surface area (Å²) in [5.74, 6) is -1.77. The molecule has 4 rings (SSSR count). The summed E-state index contributed by atoms with van der Waals surface area (Å²) in [4.78, 5) is 2.20. The number of nitrogens with zero attached hydrogens (tertiary/aromatic N) is 4. The predicted octanol–water partition coefficient (Wildman–Crippen LogP) is 5.31. The van der Waals surface area contributed by atoms with Crippen molar-refractivity contribution in [2.45, 2.75) is 65.8 Å². The molecule has 2 saturated heterocycles. The number of anilines is 1. The van der Waals surface area contributed by atoms with E-state index in [4.69, 9.17) is 14.9 Å². The molecule has 7 nitrogen and oxygen atoms in total. The van der Waals surface area contributed by atoms with Crippen LogP contribution in [0.25, 0.3) is 0 Å². The first kappa shape index (κ1) is 24.1. The predicted molar refractivity (Wildman–Crippen MR) is 127 cm³/mol. The SMILES string of the molecule is CCN(CC)c1ccc(C2OC34CCC(C(C)(C)C)CC3C(C#N)(C(=N)O4)C2(C#N)C#N)cc1. The Bertz CT molecular complexity index is 1080. The minimum Gasteiger partial charge on any atom is -0.447 e. The molecule has 0 amide bonds. The molecule has 3 aliphatic rings. The third-order valence-corrected chi connectivity index (χ3v) is 8.46. The van der Waals surface area contributed by atoms with Crippen LogP contribution in [0.1, 0.15) is 65.5 Å². The molecule has 0 aromatic heterocycles. The van der Waals surface area contributed by atoms with Gasteiger partial charge in [0.25, 0.3) is 0 Å². The molecule has 2 aliphatic heterocycles. The minimum atomic E-state index is -1.90. The van der Waals surface area contributed by atoms with E-state index in [1.807, 2.05) is 24.3 Å². The molecule has 0 radical (unpaired) electrons. The number of nitrogens with one attached hydrogen (secondary N) is 1. The van der Waals surface area contributed by atoms with Crippen LogP contribution >= 0.6 is 0 Å². The number of rotatable bonds is 4. The summed E-state index contributed by atoms with van der Waals surface area (Å²) >= 11 is 0. The molecular weight excluding hydrogens is 426 g/mol. The van der Waals surface area contributed by atoms with Crippen LogP contribution in [0.2, 0.25) is 0 Å². The molecule has 1 aliphatic carbocycles. The maximum Gasteiger partial charge on any atom is 0.217 e. The van der Waals surface area contributed by atoms with Crippen molar-refractivity contribution in [3.8, 4) is 18.2 Å². The van der Waals surface area contributed by atoms with Crippen LogP contribution in [-0.4, -0.2) is 24.8 Å². The summed E-state index contributed by atoms with van der Waals surface area (Å²) in [7, 11) is 0. The lowest BCUT2D eigenvalue weighted by Crippen LogP contribution is -2.61. The second-order valence-electron chi connectivity index (χ2n) is 10.8. The van der Waals surface area contributed by atoms with Crippen LogP contribution in [0.3, 0.4) is 0 Å². The van der Waals surface area contributed by atoms with Crippen molar-refractivity contribution in [1.82, 2.24) is 0 Å². The standard InChI is InChI=1S/C27H33N5O2/c1-6-32(7-2)20-10-8-18(9-11-20)22-25(15-28,16-29)26(17-30)21-14-19(24(3,4)5)12-13-27(21,33-22)34-23(26)31/h8-11,19,21-22,31H,6-7,12-14H2,1-5H3. The molecule has 7 heteroatoms. The fourth-order valence-electron chi connectivity index (χ4n) is 6.37. The summed E-state index contributed by atoms with van der Waals surface area (Å²) in [5, 5.41) is 40.3. The van der Waals surface area contributed by atoms with Crippen molar-refractivity contribution >= 4 is 11.6 Å². The van der Waals surface area contributed by atoms with E-state index in [0.717, 1.165) is 25.2 Å². The number of nitriles is 3. The second kappa shape index (κ2) is 8.00. The first-order valence-corrected chi connectivity index (χ1v) is 12.1. The Morgan fingerprint density at radius 1 is 1.06 bits per heavy atom. The van der Waals surface area contributed by atoms with Crippen LogP contribution in [0.4, 0.5) is 5.69 Å². The fraction of sp³-hybridized carbons (Fsp3) is 0.630. The van der Waals surface area contributed by atoms with Gasteiger partial charge in [0.05, 0.1) is 24.1 Å². The second-order valence-corrected chi connectivity index (χ2v) is 10.8. The first-order valence-electron chi connectivity index (χ1n) is 12.1. The Morgan fingerprint density at radius 2 is 1.68 bits per heavy atom. The Hall–Kier alpha value is -3.08. The Labute approximate surface area is 202 Å². The van der Waals surface area contributed by atoms with Gasteiger partial charge in [-0.05, 0) is 55.7 Å². The molecule has 1 N–H and O–H groups in total. The van der Waals surface area contributed by atoms with E-state index < -0.39 is 28.6 Å². The third-order valence-electron chi connectivity index (χ3n) is 8.46. The summed E-state index contributed by atoms with van der Waals surface area (Å²) in [6, 6.07) is 14.3. The third kappa shape index (κ3) is 2.98. The zero-order chi connectivity index (χ0) is 24.9. The van der Waals surface area contributed by atoms with E-state index in [2.05, 4.69) is 57.7 Å². The van der Waals surface area contributed by atoms with Gasteiger partial charge in [0, 0.05) is 25.2 Å². The summed E-state index contributed by atoms with van der Waals surface area (Å²) < 4.78 is 12.7. The topological polar surface area (TPSA) is 117 Å². The molecule has 2 bridgehead atoms. The zero-order valence-corrected chi connectivity index (χ0v) is 20.7. The smallest absolute Gasteiger partial charge is 0.217 e. The average molecular weight is 460 g/mol. The molecule has 34 heavy (non-hydrogen) atoms. The van der Waals surface area contributed by atoms with E-state index in [9.17, 15) is 15.8 Å². The maximum absolute atomic E-state index is 10.6. The van der Waals surface area contributed by atoms with Crippen LogP contribution in [0.15, 0.2) is 24.3 Å². The normalized spacial score (nSPS) is 33.6. The Morgan fingerprint density at radius 3 is 2.18 bits per heavy atom. The number of hydrogen-bond donors (Lipinski definition) is 1. The first-order chi connectivity index (χ1) is 16.1. The van der Waals surface area contributed by atoms with Gasteiger partial charge >= 0.3 is 0 Å². The van der Waals surface area contributed by atoms with Gasteiger partial charge in [0.1, 0.15) is 6.10 Å². The summed E-state index contributed by atoms with van der Waals surface area (Å²) in [6.45, 7) is 12.4. The molecule has 1 aromatic carbocycles. The molecule has 1 saturated carbocycles. The minimum absolute atomic E-state index is 0.0149. The summed E-state index contributed by atoms with van der Waals surface area (Å²) in [5.41, 5.74) is -1.93.